The normalized spacial score (nSPS) is 12.3. The van der Waals surface area contributed by atoms with Gasteiger partial charge in [-0.05, 0) is 51.1 Å². The summed E-state index contributed by atoms with van der Waals surface area (Å²) in [5.41, 5.74) is 4.41. The number of imidazole rings is 1. The minimum Gasteiger partial charge on any atom is -0.327 e. The Kier molecular flexibility index (Phi) is 2.85. The van der Waals surface area contributed by atoms with E-state index in [1.54, 1.807) is 0 Å². The molecule has 0 N–H and O–H groups in total. The molecule has 2 heterocycles. The van der Waals surface area contributed by atoms with Gasteiger partial charge in [0.05, 0.1) is 28.3 Å². The number of hydrogen-bond acceptors (Lipinski definition) is 2. The summed E-state index contributed by atoms with van der Waals surface area (Å²) in [6, 6.07) is 14.7. The number of para-hydroxylation sites is 2. The molecular formula is C19H20N4. The molecule has 116 valence electrons. The van der Waals surface area contributed by atoms with Gasteiger partial charge in [0, 0.05) is 18.0 Å². The van der Waals surface area contributed by atoms with Crippen LogP contribution < -0.4 is 0 Å². The summed E-state index contributed by atoms with van der Waals surface area (Å²) in [6.45, 7) is 6.50. The molecule has 0 fully saturated rings. The van der Waals surface area contributed by atoms with E-state index < -0.39 is 0 Å². The molecule has 0 saturated heterocycles. The van der Waals surface area contributed by atoms with Crippen LogP contribution in [0.1, 0.15) is 20.8 Å². The van der Waals surface area contributed by atoms with Gasteiger partial charge >= 0.3 is 0 Å². The highest BCUT2D eigenvalue weighted by molar-refractivity contribution is 5.86. The fourth-order valence-corrected chi connectivity index (χ4v) is 3.11. The van der Waals surface area contributed by atoms with Gasteiger partial charge in [-0.25, -0.2) is 4.98 Å². The molecule has 0 aliphatic carbocycles. The maximum absolute atomic E-state index is 4.78. The van der Waals surface area contributed by atoms with Gasteiger partial charge < -0.3 is 4.57 Å². The molecule has 0 aliphatic heterocycles. The van der Waals surface area contributed by atoms with Crippen LogP contribution in [0.3, 0.4) is 0 Å². The lowest BCUT2D eigenvalue weighted by Gasteiger charge is -2.20. The zero-order valence-electron chi connectivity index (χ0n) is 13.9. The smallest absolute Gasteiger partial charge is 0.140 e. The van der Waals surface area contributed by atoms with Crippen LogP contribution in [0.2, 0.25) is 0 Å². The second-order valence-corrected chi connectivity index (χ2v) is 6.98. The fourth-order valence-electron chi connectivity index (χ4n) is 3.11. The first kappa shape index (κ1) is 14.0. The van der Waals surface area contributed by atoms with E-state index in [2.05, 4.69) is 72.5 Å². The lowest BCUT2D eigenvalue weighted by Crippen LogP contribution is -2.22. The Balaban J connectivity index is 1.90. The largest absolute Gasteiger partial charge is 0.327 e. The molecule has 0 amide bonds. The lowest BCUT2D eigenvalue weighted by molar-refractivity contribution is 0.368. The van der Waals surface area contributed by atoms with E-state index in [0.29, 0.717) is 0 Å². The molecule has 4 rings (SSSR count). The number of nitrogens with zero attached hydrogens (tertiary/aromatic N) is 4. The van der Waals surface area contributed by atoms with E-state index in [-0.39, 0.29) is 5.54 Å². The van der Waals surface area contributed by atoms with Gasteiger partial charge in [0.15, 0.2) is 0 Å². The predicted octanol–water partition coefficient (Wildman–Crippen LogP) is 4.35. The summed E-state index contributed by atoms with van der Waals surface area (Å²) in [5, 5.41) is 5.70. The second-order valence-electron chi connectivity index (χ2n) is 6.98. The van der Waals surface area contributed by atoms with Crippen molar-refractivity contribution in [2.24, 2.45) is 7.05 Å². The van der Waals surface area contributed by atoms with Gasteiger partial charge in [-0.15, -0.1) is 0 Å². The topological polar surface area (TPSA) is 35.6 Å². The van der Waals surface area contributed by atoms with Crippen LogP contribution in [0.15, 0.2) is 48.7 Å². The lowest BCUT2D eigenvalue weighted by atomic mass is 10.1. The third-order valence-electron chi connectivity index (χ3n) is 4.25. The number of hydrogen-bond donors (Lipinski definition) is 0. The Bertz CT molecular complexity index is 1010. The summed E-state index contributed by atoms with van der Waals surface area (Å²) >= 11 is 0. The van der Waals surface area contributed by atoms with Crippen LogP contribution in [-0.4, -0.2) is 19.3 Å². The van der Waals surface area contributed by atoms with Crippen molar-refractivity contribution in [1.82, 2.24) is 19.3 Å². The van der Waals surface area contributed by atoms with Crippen LogP contribution in [0.25, 0.3) is 33.3 Å². The molecule has 0 spiro atoms. The molecule has 4 aromatic rings. The van der Waals surface area contributed by atoms with Gasteiger partial charge in [-0.3, -0.25) is 4.68 Å². The Morgan fingerprint density at radius 1 is 0.957 bits per heavy atom. The van der Waals surface area contributed by atoms with Crippen LogP contribution >= 0.6 is 0 Å². The van der Waals surface area contributed by atoms with Crippen molar-refractivity contribution >= 4 is 21.9 Å². The molecule has 4 heteroatoms. The molecular weight excluding hydrogens is 284 g/mol. The van der Waals surface area contributed by atoms with Gasteiger partial charge in [0.1, 0.15) is 5.82 Å². The van der Waals surface area contributed by atoms with Crippen molar-refractivity contribution in [2.45, 2.75) is 26.3 Å². The van der Waals surface area contributed by atoms with Crippen molar-refractivity contribution in [2.75, 3.05) is 0 Å². The second kappa shape index (κ2) is 4.69. The summed E-state index contributed by atoms with van der Waals surface area (Å²) in [5.74, 6) is 0.983. The standard InChI is InChI=1S/C19H20N4/c1-19(2,3)23-16-10-9-13(11-14(16)12-20-23)18-21-15-7-5-6-8-17(15)22(18)4/h5-12H,1-4H3. The zero-order chi connectivity index (χ0) is 16.2. The summed E-state index contributed by atoms with van der Waals surface area (Å²) in [4.78, 5) is 4.78. The average Bonchev–Trinajstić information content (AvgIpc) is 3.08. The Hall–Kier alpha value is -2.62. The molecule has 4 nitrogen and oxygen atoms in total. The van der Waals surface area contributed by atoms with Gasteiger partial charge in [0.25, 0.3) is 0 Å². The molecule has 0 atom stereocenters. The summed E-state index contributed by atoms with van der Waals surface area (Å²) in [7, 11) is 2.06. The van der Waals surface area contributed by atoms with Crippen molar-refractivity contribution < 1.29 is 0 Å². The quantitative estimate of drug-likeness (QED) is 0.524. The van der Waals surface area contributed by atoms with Crippen LogP contribution in [0, 0.1) is 0 Å². The maximum Gasteiger partial charge on any atom is 0.140 e. The SMILES string of the molecule is Cn1c(-c2ccc3c(cnn3C(C)(C)C)c2)nc2ccccc21. The third kappa shape index (κ3) is 2.13. The molecule has 0 radical (unpaired) electrons. The first-order valence-electron chi connectivity index (χ1n) is 7.85. The molecule has 23 heavy (non-hydrogen) atoms. The number of aromatic nitrogens is 4. The van der Waals surface area contributed by atoms with E-state index in [9.17, 15) is 0 Å². The zero-order valence-corrected chi connectivity index (χ0v) is 13.9. The molecule has 2 aromatic carbocycles. The van der Waals surface area contributed by atoms with E-state index in [0.717, 1.165) is 33.3 Å². The van der Waals surface area contributed by atoms with Crippen molar-refractivity contribution in [1.29, 1.82) is 0 Å². The fraction of sp³-hybridized carbons (Fsp3) is 0.263. The molecule has 0 aliphatic rings. The van der Waals surface area contributed by atoms with Crippen molar-refractivity contribution in [3.8, 4) is 11.4 Å². The van der Waals surface area contributed by atoms with E-state index in [4.69, 9.17) is 4.98 Å². The molecule has 0 saturated carbocycles. The van der Waals surface area contributed by atoms with Gasteiger partial charge in [-0.1, -0.05) is 12.1 Å². The third-order valence-corrected chi connectivity index (χ3v) is 4.25. The van der Waals surface area contributed by atoms with Crippen molar-refractivity contribution in [3.63, 3.8) is 0 Å². The Morgan fingerprint density at radius 2 is 1.74 bits per heavy atom. The van der Waals surface area contributed by atoms with E-state index >= 15 is 0 Å². The minimum atomic E-state index is -0.0266. The van der Waals surface area contributed by atoms with Gasteiger partial charge in [0.2, 0.25) is 0 Å². The van der Waals surface area contributed by atoms with Crippen LogP contribution in [0.4, 0.5) is 0 Å². The Morgan fingerprint density at radius 3 is 2.48 bits per heavy atom. The number of benzene rings is 2. The highest BCUT2D eigenvalue weighted by Gasteiger charge is 2.17. The first-order chi connectivity index (χ1) is 10.9. The van der Waals surface area contributed by atoms with Gasteiger partial charge in [-0.2, -0.15) is 5.10 Å². The molecule has 0 bridgehead atoms. The molecule has 0 unspecified atom stereocenters. The number of rotatable bonds is 1. The van der Waals surface area contributed by atoms with Crippen LogP contribution in [-0.2, 0) is 12.6 Å². The van der Waals surface area contributed by atoms with Crippen LogP contribution in [0.5, 0.6) is 0 Å². The highest BCUT2D eigenvalue weighted by Crippen LogP contribution is 2.28. The maximum atomic E-state index is 4.78. The predicted molar refractivity (Wildman–Crippen MR) is 94.4 cm³/mol. The Labute approximate surface area is 135 Å². The molecule has 2 aromatic heterocycles. The highest BCUT2D eigenvalue weighted by atomic mass is 15.3. The summed E-state index contributed by atoms with van der Waals surface area (Å²) in [6.07, 6.45) is 1.94. The number of aryl methyl sites for hydroxylation is 1. The minimum absolute atomic E-state index is 0.0266. The monoisotopic (exact) mass is 304 g/mol. The summed E-state index contributed by atoms with van der Waals surface area (Å²) < 4.78 is 4.21. The van der Waals surface area contributed by atoms with E-state index in [1.807, 2.05) is 18.3 Å². The average molecular weight is 304 g/mol. The first-order valence-corrected chi connectivity index (χ1v) is 7.85. The van der Waals surface area contributed by atoms with Crippen molar-refractivity contribution in [3.05, 3.63) is 48.7 Å². The van der Waals surface area contributed by atoms with E-state index in [1.165, 1.54) is 0 Å². The number of fused-ring (bicyclic) bond motifs is 2.